The van der Waals surface area contributed by atoms with Gasteiger partial charge in [-0.15, -0.1) is 0 Å². The molecule has 0 atom stereocenters. The van der Waals surface area contributed by atoms with Gasteiger partial charge in [-0.2, -0.15) is 0 Å². The predicted molar refractivity (Wildman–Crippen MR) is 92.7 cm³/mol. The number of rotatable bonds is 4. The third-order valence-corrected chi connectivity index (χ3v) is 4.12. The van der Waals surface area contributed by atoms with Crippen molar-refractivity contribution in [1.29, 1.82) is 0 Å². The summed E-state index contributed by atoms with van der Waals surface area (Å²) in [6, 6.07) is 8.60. The molecule has 2 heterocycles. The summed E-state index contributed by atoms with van der Waals surface area (Å²) in [5, 5.41) is 1.44. The van der Waals surface area contributed by atoms with Gasteiger partial charge in [0.05, 0.1) is 29.5 Å². The number of nitrogens with one attached hydrogen (secondary N) is 1. The number of H-pyrrole nitrogens is 1. The van der Waals surface area contributed by atoms with Crippen molar-refractivity contribution in [3.63, 3.8) is 0 Å². The van der Waals surface area contributed by atoms with Gasteiger partial charge in [0.2, 0.25) is 0 Å². The number of nitrogens with two attached hydrogens (primary N) is 1. The number of fused-ring (bicyclic) bond motifs is 1. The third kappa shape index (κ3) is 3.94. The lowest BCUT2D eigenvalue weighted by Crippen LogP contribution is -2.13. The molecule has 0 radical (unpaired) electrons. The van der Waals surface area contributed by atoms with Gasteiger partial charge in [-0.25, -0.2) is 4.98 Å². The number of hydrogen-bond donors (Lipinski definition) is 2. The first kappa shape index (κ1) is 15.6. The summed E-state index contributed by atoms with van der Waals surface area (Å²) in [5.74, 6) is 1.66. The van der Waals surface area contributed by atoms with Gasteiger partial charge in [0.1, 0.15) is 11.6 Å². The van der Waals surface area contributed by atoms with E-state index in [0.717, 1.165) is 5.76 Å². The molecule has 23 heavy (non-hydrogen) atoms. The first-order valence-electron chi connectivity index (χ1n) is 6.75. The van der Waals surface area contributed by atoms with E-state index in [1.165, 1.54) is 11.8 Å². The van der Waals surface area contributed by atoms with Crippen molar-refractivity contribution in [3.8, 4) is 0 Å². The van der Waals surface area contributed by atoms with Gasteiger partial charge in [0.25, 0.3) is 5.56 Å². The molecule has 2 aromatic heterocycles. The molecule has 8 heteroatoms. The molecule has 0 amide bonds. The van der Waals surface area contributed by atoms with Crippen LogP contribution in [0.3, 0.4) is 0 Å². The zero-order chi connectivity index (χ0) is 16.2. The highest BCUT2D eigenvalue weighted by atomic mass is 35.5. The van der Waals surface area contributed by atoms with Crippen LogP contribution in [0.4, 0.5) is 0 Å². The number of amidine groups is 1. The van der Waals surface area contributed by atoms with Crippen LogP contribution >= 0.6 is 23.4 Å². The highest BCUT2D eigenvalue weighted by Crippen LogP contribution is 2.16. The summed E-state index contributed by atoms with van der Waals surface area (Å²) in [4.78, 5) is 23.3. The summed E-state index contributed by atoms with van der Waals surface area (Å²) < 4.78 is 5.18. The van der Waals surface area contributed by atoms with Crippen molar-refractivity contribution in [2.24, 2.45) is 10.7 Å². The zero-order valence-corrected chi connectivity index (χ0v) is 13.5. The summed E-state index contributed by atoms with van der Waals surface area (Å²) in [7, 11) is 0. The minimum atomic E-state index is -0.201. The smallest absolute Gasteiger partial charge is 0.258 e. The van der Waals surface area contributed by atoms with Gasteiger partial charge >= 0.3 is 0 Å². The largest absolute Gasteiger partial charge is 0.467 e. The van der Waals surface area contributed by atoms with Crippen molar-refractivity contribution < 1.29 is 4.42 Å². The van der Waals surface area contributed by atoms with Crippen LogP contribution in [0.25, 0.3) is 10.9 Å². The summed E-state index contributed by atoms with van der Waals surface area (Å²) in [6.07, 6.45) is 1.59. The topological polar surface area (TPSA) is 97.3 Å². The molecule has 0 saturated carbocycles. The van der Waals surface area contributed by atoms with E-state index in [1.54, 1.807) is 30.5 Å². The Balaban J connectivity index is 1.71. The Bertz CT molecular complexity index is 905. The molecule has 118 valence electrons. The fourth-order valence-electron chi connectivity index (χ4n) is 1.98. The maximum atomic E-state index is 12.0. The normalized spacial score (nSPS) is 12.0. The third-order valence-electron chi connectivity index (χ3n) is 3.05. The van der Waals surface area contributed by atoms with Gasteiger partial charge in [0.15, 0.2) is 5.17 Å². The highest BCUT2D eigenvalue weighted by molar-refractivity contribution is 8.13. The number of aliphatic imine (C=N–C) groups is 1. The molecule has 0 aliphatic carbocycles. The van der Waals surface area contributed by atoms with E-state index < -0.39 is 0 Å². The molecule has 3 aromatic rings. The number of thioether (sulfide) groups is 1. The number of benzene rings is 1. The van der Waals surface area contributed by atoms with Crippen LogP contribution in [0.2, 0.25) is 5.02 Å². The second kappa shape index (κ2) is 6.89. The molecular weight excluding hydrogens is 336 g/mol. The Hall–Kier alpha value is -2.25. The van der Waals surface area contributed by atoms with Crippen molar-refractivity contribution in [1.82, 2.24) is 9.97 Å². The van der Waals surface area contributed by atoms with Crippen LogP contribution in [0.15, 0.2) is 50.8 Å². The molecule has 3 N–H and O–H groups in total. The molecule has 1 aromatic carbocycles. The zero-order valence-electron chi connectivity index (χ0n) is 12.0. The minimum absolute atomic E-state index is 0.201. The van der Waals surface area contributed by atoms with Crippen molar-refractivity contribution >= 4 is 39.4 Å². The quantitative estimate of drug-likeness (QED) is 0.558. The van der Waals surface area contributed by atoms with E-state index in [2.05, 4.69) is 15.0 Å². The highest BCUT2D eigenvalue weighted by Gasteiger charge is 2.06. The van der Waals surface area contributed by atoms with Gasteiger partial charge in [0, 0.05) is 5.02 Å². The number of hydrogen-bond acceptors (Lipinski definition) is 5. The van der Waals surface area contributed by atoms with Crippen LogP contribution < -0.4 is 11.3 Å². The van der Waals surface area contributed by atoms with E-state index in [1.807, 2.05) is 6.07 Å². The lowest BCUT2D eigenvalue weighted by Gasteiger charge is -2.03. The van der Waals surface area contributed by atoms with Crippen molar-refractivity contribution in [2.75, 3.05) is 0 Å². The summed E-state index contributed by atoms with van der Waals surface area (Å²) in [5.41, 5.74) is 6.20. The van der Waals surface area contributed by atoms with E-state index in [0.29, 0.717) is 39.2 Å². The minimum Gasteiger partial charge on any atom is -0.467 e. The molecule has 0 unspecified atom stereocenters. The molecule has 0 bridgehead atoms. The van der Waals surface area contributed by atoms with Gasteiger partial charge in [-0.3, -0.25) is 9.79 Å². The number of furan rings is 1. The van der Waals surface area contributed by atoms with Crippen LogP contribution in [-0.4, -0.2) is 15.1 Å². The number of nitrogens with zero attached hydrogens (tertiary/aromatic N) is 2. The van der Waals surface area contributed by atoms with E-state index in [4.69, 9.17) is 21.8 Å². The molecule has 3 rings (SSSR count). The van der Waals surface area contributed by atoms with Crippen LogP contribution in [0.1, 0.15) is 11.6 Å². The monoisotopic (exact) mass is 348 g/mol. The van der Waals surface area contributed by atoms with Crippen LogP contribution in [0.5, 0.6) is 0 Å². The Morgan fingerprint density at radius 3 is 3.09 bits per heavy atom. The van der Waals surface area contributed by atoms with Gasteiger partial charge in [-0.05, 0) is 30.3 Å². The fourth-order valence-corrected chi connectivity index (χ4v) is 2.72. The average Bonchev–Trinajstić information content (AvgIpc) is 3.04. The average molecular weight is 349 g/mol. The summed E-state index contributed by atoms with van der Waals surface area (Å²) in [6.45, 7) is 0.378. The maximum Gasteiger partial charge on any atom is 0.258 e. The SMILES string of the molecule is NC(=NCc1ccco1)SCc1nc2cc(Cl)ccc2c(=O)[nH]1. The van der Waals surface area contributed by atoms with Crippen LogP contribution in [-0.2, 0) is 12.3 Å². The number of halogens is 1. The lowest BCUT2D eigenvalue weighted by molar-refractivity contribution is 0.513. The van der Waals surface area contributed by atoms with Crippen LogP contribution in [0, 0.1) is 0 Å². The van der Waals surface area contributed by atoms with Gasteiger partial charge < -0.3 is 15.1 Å². The molecule has 0 aliphatic heterocycles. The first-order valence-corrected chi connectivity index (χ1v) is 8.12. The van der Waals surface area contributed by atoms with Crippen molar-refractivity contribution in [3.05, 3.63) is 63.6 Å². The fraction of sp³-hybridized carbons (Fsp3) is 0.133. The summed E-state index contributed by atoms with van der Waals surface area (Å²) >= 11 is 7.23. The van der Waals surface area contributed by atoms with Crippen molar-refractivity contribution in [2.45, 2.75) is 12.3 Å². The Morgan fingerprint density at radius 2 is 2.30 bits per heavy atom. The second-order valence-corrected chi connectivity index (χ2v) is 6.13. The number of aromatic nitrogens is 2. The molecule has 0 spiro atoms. The Kier molecular flexibility index (Phi) is 4.68. The van der Waals surface area contributed by atoms with E-state index >= 15 is 0 Å². The lowest BCUT2D eigenvalue weighted by atomic mass is 10.2. The van der Waals surface area contributed by atoms with E-state index in [-0.39, 0.29) is 5.56 Å². The Morgan fingerprint density at radius 1 is 1.43 bits per heavy atom. The molecule has 6 nitrogen and oxygen atoms in total. The predicted octanol–water partition coefficient (Wildman–Crippen LogP) is 2.92. The van der Waals surface area contributed by atoms with Gasteiger partial charge in [-0.1, -0.05) is 23.4 Å². The first-order chi connectivity index (χ1) is 11.1. The molecule has 0 aliphatic rings. The molecule has 0 fully saturated rings. The molecular formula is C15H13ClN4O2S. The standard InChI is InChI=1S/C15H13ClN4O2S/c16-9-3-4-11-12(6-9)19-13(20-14(11)21)8-23-15(17)18-7-10-2-1-5-22-10/h1-6H,7-8H2,(H2,17,18)(H,19,20,21). The number of aromatic amines is 1. The Labute approximate surface area is 140 Å². The van der Waals surface area contributed by atoms with E-state index in [9.17, 15) is 4.79 Å². The molecule has 0 saturated heterocycles. The maximum absolute atomic E-state index is 12.0. The second-order valence-electron chi connectivity index (χ2n) is 4.70.